The Morgan fingerprint density at radius 3 is 2.67 bits per heavy atom. The highest BCUT2D eigenvalue weighted by atomic mass is 16.2. The van der Waals surface area contributed by atoms with Gasteiger partial charge in [0.15, 0.2) is 0 Å². The Kier molecular flexibility index (Phi) is 5.69. The lowest BCUT2D eigenvalue weighted by Crippen LogP contribution is -2.32. The third kappa shape index (κ3) is 4.06. The Labute approximate surface area is 110 Å². The Balaban J connectivity index is 2.56. The molecule has 1 N–H and O–H groups in total. The van der Waals surface area contributed by atoms with Crippen LogP contribution in [0.25, 0.3) is 0 Å². The largest absolute Gasteiger partial charge is 0.328 e. The van der Waals surface area contributed by atoms with Gasteiger partial charge in [0.2, 0.25) is 0 Å². The lowest BCUT2D eigenvalue weighted by atomic mass is 10.1. The first-order chi connectivity index (χ1) is 8.56. The van der Waals surface area contributed by atoms with E-state index in [2.05, 4.69) is 25.2 Å². The molecule has 0 unspecified atom stereocenters. The second-order valence-electron chi connectivity index (χ2n) is 4.81. The van der Waals surface area contributed by atoms with Crippen LogP contribution in [-0.4, -0.2) is 24.5 Å². The number of carbonyl (C=O) groups excluding carboxylic acids is 1. The Morgan fingerprint density at radius 1 is 1.28 bits per heavy atom. The summed E-state index contributed by atoms with van der Waals surface area (Å²) >= 11 is 0. The van der Waals surface area contributed by atoms with E-state index in [9.17, 15) is 4.79 Å². The summed E-state index contributed by atoms with van der Waals surface area (Å²) in [5.41, 5.74) is 3.23. The van der Waals surface area contributed by atoms with E-state index in [0.717, 1.165) is 24.2 Å². The molecule has 0 radical (unpaired) electrons. The summed E-state index contributed by atoms with van der Waals surface area (Å²) in [5, 5.41) is 2.96. The summed E-state index contributed by atoms with van der Waals surface area (Å²) < 4.78 is 0. The highest BCUT2D eigenvalue weighted by Gasteiger charge is 2.09. The molecule has 0 aliphatic rings. The average molecular weight is 248 g/mol. The van der Waals surface area contributed by atoms with Crippen molar-refractivity contribution in [3.05, 3.63) is 29.3 Å². The van der Waals surface area contributed by atoms with Gasteiger partial charge in [-0.1, -0.05) is 31.9 Å². The van der Waals surface area contributed by atoms with Crippen LogP contribution in [0.15, 0.2) is 18.2 Å². The first-order valence-corrected chi connectivity index (χ1v) is 6.64. The molecule has 1 rings (SSSR count). The molecule has 2 amide bonds. The molecule has 0 fully saturated rings. The van der Waals surface area contributed by atoms with Gasteiger partial charge in [-0.05, 0) is 37.5 Å². The van der Waals surface area contributed by atoms with Gasteiger partial charge in [-0.25, -0.2) is 4.79 Å². The summed E-state index contributed by atoms with van der Waals surface area (Å²) in [5.74, 6) is 0. The number of nitrogens with zero attached hydrogens (tertiary/aromatic N) is 1. The highest BCUT2D eigenvalue weighted by molar-refractivity contribution is 5.90. The number of unbranched alkanes of at least 4 members (excludes halogenated alkanes) is 2. The maximum atomic E-state index is 12.0. The number of carbonyl (C=O) groups is 1. The molecule has 0 spiro atoms. The molecule has 0 saturated carbocycles. The zero-order valence-corrected chi connectivity index (χ0v) is 11.9. The van der Waals surface area contributed by atoms with Gasteiger partial charge in [-0.3, -0.25) is 0 Å². The number of hydrogen-bond acceptors (Lipinski definition) is 1. The van der Waals surface area contributed by atoms with Gasteiger partial charge in [0.05, 0.1) is 0 Å². The van der Waals surface area contributed by atoms with Gasteiger partial charge < -0.3 is 10.2 Å². The molecule has 0 heterocycles. The quantitative estimate of drug-likeness (QED) is 0.786. The second kappa shape index (κ2) is 7.04. The highest BCUT2D eigenvalue weighted by Crippen LogP contribution is 2.18. The monoisotopic (exact) mass is 248 g/mol. The maximum Gasteiger partial charge on any atom is 0.321 e. The number of benzene rings is 1. The van der Waals surface area contributed by atoms with Crippen LogP contribution in [0.3, 0.4) is 0 Å². The van der Waals surface area contributed by atoms with E-state index in [4.69, 9.17) is 0 Å². The van der Waals surface area contributed by atoms with E-state index in [1.165, 1.54) is 18.4 Å². The van der Waals surface area contributed by atoms with Crippen LogP contribution in [0.4, 0.5) is 10.5 Å². The van der Waals surface area contributed by atoms with Crippen molar-refractivity contribution in [3.63, 3.8) is 0 Å². The van der Waals surface area contributed by atoms with Gasteiger partial charge in [0.25, 0.3) is 0 Å². The van der Waals surface area contributed by atoms with E-state index in [0.29, 0.717) is 0 Å². The van der Waals surface area contributed by atoms with Crippen LogP contribution in [0.2, 0.25) is 0 Å². The van der Waals surface area contributed by atoms with Crippen molar-refractivity contribution in [1.29, 1.82) is 0 Å². The molecule has 1 aromatic carbocycles. The molecule has 1 aromatic rings. The van der Waals surface area contributed by atoms with Crippen molar-refractivity contribution in [2.45, 2.75) is 40.0 Å². The van der Waals surface area contributed by atoms with E-state index >= 15 is 0 Å². The van der Waals surface area contributed by atoms with Crippen LogP contribution in [0.1, 0.15) is 37.3 Å². The van der Waals surface area contributed by atoms with Crippen LogP contribution in [0, 0.1) is 13.8 Å². The van der Waals surface area contributed by atoms with Crippen molar-refractivity contribution >= 4 is 11.7 Å². The zero-order chi connectivity index (χ0) is 13.5. The summed E-state index contributed by atoms with van der Waals surface area (Å²) in [4.78, 5) is 13.7. The lowest BCUT2D eigenvalue weighted by Gasteiger charge is -2.19. The molecule has 100 valence electrons. The molecule has 0 aliphatic heterocycles. The number of urea groups is 1. The maximum absolute atomic E-state index is 12.0. The smallest absolute Gasteiger partial charge is 0.321 e. The van der Waals surface area contributed by atoms with Gasteiger partial charge in [-0.2, -0.15) is 0 Å². The minimum absolute atomic E-state index is 0.0280. The van der Waals surface area contributed by atoms with Crippen LogP contribution in [0.5, 0.6) is 0 Å². The Morgan fingerprint density at radius 2 is 2.00 bits per heavy atom. The third-order valence-electron chi connectivity index (χ3n) is 3.29. The Bertz CT molecular complexity index is 401. The zero-order valence-electron chi connectivity index (χ0n) is 11.9. The second-order valence-corrected chi connectivity index (χ2v) is 4.81. The van der Waals surface area contributed by atoms with E-state index in [1.807, 2.05) is 26.1 Å². The first-order valence-electron chi connectivity index (χ1n) is 6.64. The predicted molar refractivity (Wildman–Crippen MR) is 77.1 cm³/mol. The first kappa shape index (κ1) is 14.6. The minimum Gasteiger partial charge on any atom is -0.328 e. The summed E-state index contributed by atoms with van der Waals surface area (Å²) in [6.07, 6.45) is 3.40. The summed E-state index contributed by atoms with van der Waals surface area (Å²) in [6.45, 7) is 7.05. The Hall–Kier alpha value is -1.51. The third-order valence-corrected chi connectivity index (χ3v) is 3.29. The summed E-state index contributed by atoms with van der Waals surface area (Å²) in [6, 6.07) is 5.94. The fourth-order valence-electron chi connectivity index (χ4n) is 1.80. The number of rotatable bonds is 5. The topological polar surface area (TPSA) is 32.3 Å². The molecule has 0 aromatic heterocycles. The molecule has 3 nitrogen and oxygen atoms in total. The standard InChI is InChI=1S/C15H24N2O/c1-5-6-7-11-17(4)15(18)16-14-10-8-9-12(2)13(14)3/h8-10H,5-7,11H2,1-4H3,(H,16,18). The molecule has 3 heteroatoms. The van der Waals surface area contributed by atoms with Crippen molar-refractivity contribution in [2.24, 2.45) is 0 Å². The fourth-order valence-corrected chi connectivity index (χ4v) is 1.80. The van der Waals surface area contributed by atoms with E-state index in [1.54, 1.807) is 4.90 Å². The summed E-state index contributed by atoms with van der Waals surface area (Å²) in [7, 11) is 1.84. The SMILES string of the molecule is CCCCCN(C)C(=O)Nc1cccc(C)c1C. The van der Waals surface area contributed by atoms with Crippen LogP contribution >= 0.6 is 0 Å². The van der Waals surface area contributed by atoms with E-state index < -0.39 is 0 Å². The molecule has 0 atom stereocenters. The van der Waals surface area contributed by atoms with Gasteiger partial charge >= 0.3 is 6.03 Å². The van der Waals surface area contributed by atoms with Crippen molar-refractivity contribution in [1.82, 2.24) is 4.90 Å². The van der Waals surface area contributed by atoms with Gasteiger partial charge in [-0.15, -0.1) is 0 Å². The predicted octanol–water partition coefficient (Wildman–Crippen LogP) is 3.96. The molecule has 0 bridgehead atoms. The van der Waals surface area contributed by atoms with E-state index in [-0.39, 0.29) is 6.03 Å². The molecular formula is C15H24N2O. The molecule has 0 aliphatic carbocycles. The van der Waals surface area contributed by atoms with Crippen molar-refractivity contribution < 1.29 is 4.79 Å². The molecule has 18 heavy (non-hydrogen) atoms. The number of nitrogens with one attached hydrogen (secondary N) is 1. The van der Waals surface area contributed by atoms with Crippen LogP contribution < -0.4 is 5.32 Å². The minimum atomic E-state index is -0.0280. The van der Waals surface area contributed by atoms with Crippen molar-refractivity contribution in [3.8, 4) is 0 Å². The molecule has 0 saturated heterocycles. The van der Waals surface area contributed by atoms with Gasteiger partial charge in [0.1, 0.15) is 0 Å². The number of aryl methyl sites for hydroxylation is 1. The van der Waals surface area contributed by atoms with Crippen LogP contribution in [-0.2, 0) is 0 Å². The fraction of sp³-hybridized carbons (Fsp3) is 0.533. The van der Waals surface area contributed by atoms with Gasteiger partial charge in [0, 0.05) is 19.3 Å². The number of anilines is 1. The number of amides is 2. The average Bonchev–Trinajstić information content (AvgIpc) is 2.35. The lowest BCUT2D eigenvalue weighted by molar-refractivity contribution is 0.221. The number of hydrogen-bond donors (Lipinski definition) is 1. The normalized spacial score (nSPS) is 10.2. The van der Waals surface area contributed by atoms with Crippen molar-refractivity contribution in [2.75, 3.05) is 18.9 Å². The molecular weight excluding hydrogens is 224 g/mol.